The van der Waals surface area contributed by atoms with Crippen LogP contribution < -0.4 is 5.73 Å². The molecule has 1 rings (SSSR count). The quantitative estimate of drug-likeness (QED) is 0.769. The van der Waals surface area contributed by atoms with E-state index in [0.29, 0.717) is 11.1 Å². The zero-order chi connectivity index (χ0) is 12.3. The van der Waals surface area contributed by atoms with E-state index in [1.807, 2.05) is 0 Å². The first-order valence-corrected chi connectivity index (χ1v) is 4.75. The van der Waals surface area contributed by atoms with Crippen molar-refractivity contribution in [2.75, 3.05) is 13.6 Å². The minimum absolute atomic E-state index is 0.0540. The van der Waals surface area contributed by atoms with Gasteiger partial charge in [-0.1, -0.05) is 6.07 Å². The number of rotatable bonds is 3. The van der Waals surface area contributed by atoms with E-state index in [1.165, 1.54) is 18.0 Å². The number of nitrogens with zero attached hydrogens (tertiary/aromatic N) is 1. The van der Waals surface area contributed by atoms with Crippen LogP contribution in [0.25, 0.3) is 0 Å². The molecule has 2 amide bonds. The Labute approximate surface area is 93.5 Å². The summed E-state index contributed by atoms with van der Waals surface area (Å²) in [6.45, 7) is 1.59. The van der Waals surface area contributed by atoms with Gasteiger partial charge in [0.2, 0.25) is 5.91 Å². The summed E-state index contributed by atoms with van der Waals surface area (Å²) >= 11 is 0. The fourth-order valence-corrected chi connectivity index (χ4v) is 1.27. The van der Waals surface area contributed by atoms with Crippen molar-refractivity contribution in [2.24, 2.45) is 5.73 Å². The third kappa shape index (κ3) is 2.73. The summed E-state index contributed by atoms with van der Waals surface area (Å²) in [6.07, 6.45) is 0. The van der Waals surface area contributed by atoms with E-state index in [2.05, 4.69) is 0 Å². The molecule has 86 valence electrons. The lowest BCUT2D eigenvalue weighted by atomic mass is 10.1. The van der Waals surface area contributed by atoms with Gasteiger partial charge in [0.1, 0.15) is 5.75 Å². The average molecular weight is 222 g/mol. The minimum Gasteiger partial charge on any atom is -0.508 e. The summed E-state index contributed by atoms with van der Waals surface area (Å²) in [7, 11) is 1.48. The Morgan fingerprint density at radius 3 is 2.56 bits per heavy atom. The zero-order valence-electron chi connectivity index (χ0n) is 9.23. The van der Waals surface area contributed by atoms with Crippen molar-refractivity contribution in [3.63, 3.8) is 0 Å². The molecule has 0 heterocycles. The predicted molar refractivity (Wildman–Crippen MR) is 59.0 cm³/mol. The Bertz CT molecular complexity index is 429. The number of carbonyl (C=O) groups is 2. The average Bonchev–Trinajstić information content (AvgIpc) is 2.20. The fraction of sp³-hybridized carbons (Fsp3) is 0.273. The van der Waals surface area contributed by atoms with Gasteiger partial charge in [-0.05, 0) is 24.6 Å². The van der Waals surface area contributed by atoms with Crippen LogP contribution in [0.4, 0.5) is 0 Å². The Hall–Kier alpha value is -2.04. The van der Waals surface area contributed by atoms with Gasteiger partial charge in [-0.2, -0.15) is 0 Å². The second-order valence-corrected chi connectivity index (χ2v) is 3.63. The molecule has 0 saturated heterocycles. The van der Waals surface area contributed by atoms with Crippen molar-refractivity contribution in [1.82, 2.24) is 4.90 Å². The number of hydrogen-bond acceptors (Lipinski definition) is 3. The minimum atomic E-state index is -0.577. The highest BCUT2D eigenvalue weighted by molar-refractivity contribution is 5.96. The molecular formula is C11H14N2O3. The number of benzene rings is 1. The lowest BCUT2D eigenvalue weighted by Crippen LogP contribution is -2.35. The maximum Gasteiger partial charge on any atom is 0.254 e. The molecule has 3 N–H and O–H groups in total. The van der Waals surface area contributed by atoms with Gasteiger partial charge in [-0.25, -0.2) is 0 Å². The Kier molecular flexibility index (Phi) is 3.50. The summed E-state index contributed by atoms with van der Waals surface area (Å²) < 4.78 is 0. The number of likely N-dealkylation sites (N-methyl/N-ethyl adjacent to an activating group) is 1. The number of phenols is 1. The van der Waals surface area contributed by atoms with Crippen molar-refractivity contribution in [2.45, 2.75) is 6.92 Å². The molecule has 0 aliphatic heterocycles. The van der Waals surface area contributed by atoms with E-state index in [0.717, 1.165) is 0 Å². The molecule has 0 atom stereocenters. The molecule has 0 saturated carbocycles. The van der Waals surface area contributed by atoms with Crippen LogP contribution in [0.1, 0.15) is 15.9 Å². The summed E-state index contributed by atoms with van der Waals surface area (Å²) in [5.74, 6) is -0.875. The summed E-state index contributed by atoms with van der Waals surface area (Å²) in [5.41, 5.74) is 6.00. The SMILES string of the molecule is Cc1ccc(C(=O)N(C)CC(N)=O)cc1O. The number of phenolic OH excluding ortho intramolecular Hbond substituents is 1. The van der Waals surface area contributed by atoms with Crippen LogP contribution in [-0.4, -0.2) is 35.4 Å². The molecule has 16 heavy (non-hydrogen) atoms. The van der Waals surface area contributed by atoms with Gasteiger partial charge in [0.25, 0.3) is 5.91 Å². The van der Waals surface area contributed by atoms with Crippen LogP contribution >= 0.6 is 0 Å². The van der Waals surface area contributed by atoms with E-state index in [4.69, 9.17) is 5.73 Å². The second-order valence-electron chi connectivity index (χ2n) is 3.63. The Morgan fingerprint density at radius 2 is 2.06 bits per heavy atom. The third-order valence-corrected chi connectivity index (χ3v) is 2.20. The van der Waals surface area contributed by atoms with Gasteiger partial charge >= 0.3 is 0 Å². The Morgan fingerprint density at radius 1 is 1.44 bits per heavy atom. The van der Waals surface area contributed by atoms with Gasteiger partial charge in [-0.15, -0.1) is 0 Å². The maximum absolute atomic E-state index is 11.8. The summed E-state index contributed by atoms with van der Waals surface area (Å²) in [4.78, 5) is 23.6. The smallest absolute Gasteiger partial charge is 0.254 e. The number of nitrogens with two attached hydrogens (primary N) is 1. The second kappa shape index (κ2) is 4.65. The molecule has 0 aromatic heterocycles. The topological polar surface area (TPSA) is 83.6 Å². The van der Waals surface area contributed by atoms with Gasteiger partial charge < -0.3 is 15.7 Å². The molecular weight excluding hydrogens is 208 g/mol. The first-order chi connectivity index (χ1) is 7.41. The molecule has 5 heteroatoms. The molecule has 0 radical (unpaired) electrons. The molecule has 5 nitrogen and oxygen atoms in total. The Balaban J connectivity index is 2.88. The van der Waals surface area contributed by atoms with Crippen LogP contribution in [0.2, 0.25) is 0 Å². The molecule has 0 aliphatic carbocycles. The van der Waals surface area contributed by atoms with Crippen LogP contribution in [0, 0.1) is 6.92 Å². The van der Waals surface area contributed by atoms with Crippen LogP contribution in [-0.2, 0) is 4.79 Å². The lowest BCUT2D eigenvalue weighted by molar-refractivity contribution is -0.118. The van der Waals surface area contributed by atoms with Crippen molar-refractivity contribution >= 4 is 11.8 Å². The van der Waals surface area contributed by atoms with E-state index < -0.39 is 5.91 Å². The van der Waals surface area contributed by atoms with Crippen molar-refractivity contribution in [1.29, 1.82) is 0 Å². The van der Waals surface area contributed by atoms with Crippen molar-refractivity contribution in [3.8, 4) is 5.75 Å². The van der Waals surface area contributed by atoms with E-state index >= 15 is 0 Å². The molecule has 1 aromatic carbocycles. The van der Waals surface area contributed by atoms with Gasteiger partial charge in [0.05, 0.1) is 6.54 Å². The summed E-state index contributed by atoms with van der Waals surface area (Å²) in [6, 6.07) is 4.60. The molecule has 0 spiro atoms. The maximum atomic E-state index is 11.8. The largest absolute Gasteiger partial charge is 0.508 e. The monoisotopic (exact) mass is 222 g/mol. The van der Waals surface area contributed by atoms with E-state index in [-0.39, 0.29) is 18.2 Å². The normalized spacial score (nSPS) is 9.88. The summed E-state index contributed by atoms with van der Waals surface area (Å²) in [5, 5.41) is 9.45. The van der Waals surface area contributed by atoms with Crippen LogP contribution in [0.15, 0.2) is 18.2 Å². The highest BCUT2D eigenvalue weighted by Gasteiger charge is 2.14. The molecule has 0 unspecified atom stereocenters. The number of amides is 2. The van der Waals surface area contributed by atoms with E-state index in [1.54, 1.807) is 19.1 Å². The molecule has 0 aliphatic rings. The predicted octanol–water partition coefficient (Wildman–Crippen LogP) is 0.258. The highest BCUT2D eigenvalue weighted by atomic mass is 16.3. The lowest BCUT2D eigenvalue weighted by Gasteiger charge is -2.15. The molecule has 1 aromatic rings. The van der Waals surface area contributed by atoms with Gasteiger partial charge in [0, 0.05) is 12.6 Å². The third-order valence-electron chi connectivity index (χ3n) is 2.20. The molecule has 0 bridgehead atoms. The number of hydrogen-bond donors (Lipinski definition) is 2. The first kappa shape index (κ1) is 12.0. The molecule has 0 fully saturated rings. The first-order valence-electron chi connectivity index (χ1n) is 4.75. The van der Waals surface area contributed by atoms with Gasteiger partial charge in [0.15, 0.2) is 0 Å². The fourth-order valence-electron chi connectivity index (χ4n) is 1.27. The van der Waals surface area contributed by atoms with E-state index in [9.17, 15) is 14.7 Å². The number of aryl methyl sites for hydroxylation is 1. The highest BCUT2D eigenvalue weighted by Crippen LogP contribution is 2.18. The number of carbonyl (C=O) groups excluding carboxylic acids is 2. The van der Waals surface area contributed by atoms with Crippen molar-refractivity contribution < 1.29 is 14.7 Å². The van der Waals surface area contributed by atoms with Gasteiger partial charge in [-0.3, -0.25) is 9.59 Å². The number of primary amides is 1. The van der Waals surface area contributed by atoms with Crippen LogP contribution in [0.3, 0.4) is 0 Å². The standard InChI is InChI=1S/C11H14N2O3/c1-7-3-4-8(5-9(7)14)11(16)13(2)6-10(12)15/h3-5,14H,6H2,1-2H3,(H2,12,15). The zero-order valence-corrected chi connectivity index (χ0v) is 9.23. The van der Waals surface area contributed by atoms with Crippen LogP contribution in [0.5, 0.6) is 5.75 Å². The van der Waals surface area contributed by atoms with Crippen molar-refractivity contribution in [3.05, 3.63) is 29.3 Å². The number of aromatic hydroxyl groups is 1.